The van der Waals surface area contributed by atoms with Crippen LogP contribution in [0.4, 0.5) is 0 Å². The van der Waals surface area contributed by atoms with Gasteiger partial charge in [0, 0.05) is 25.8 Å². The van der Waals surface area contributed by atoms with Gasteiger partial charge in [-0.25, -0.2) is 22.7 Å². The maximum absolute atomic E-state index is 12.3. The zero-order valence-corrected chi connectivity index (χ0v) is 14.6. The number of nitrogens with zero attached hydrogens (tertiary/aromatic N) is 4. The van der Waals surface area contributed by atoms with Crippen LogP contribution in [0.15, 0.2) is 18.3 Å². The second-order valence-electron chi connectivity index (χ2n) is 6.30. The van der Waals surface area contributed by atoms with Crippen LogP contribution >= 0.6 is 0 Å². The molecule has 126 valence electrons. The van der Waals surface area contributed by atoms with E-state index in [2.05, 4.69) is 14.5 Å². The minimum absolute atomic E-state index is 0.244. The first kappa shape index (κ1) is 16.4. The number of rotatable bonds is 5. The highest BCUT2D eigenvalue weighted by Gasteiger charge is 2.29. The van der Waals surface area contributed by atoms with Crippen molar-refractivity contribution in [3.05, 3.63) is 24.2 Å². The third-order valence-corrected chi connectivity index (χ3v) is 6.52. The van der Waals surface area contributed by atoms with Crippen LogP contribution in [0.1, 0.15) is 32.0 Å². The summed E-state index contributed by atoms with van der Waals surface area (Å²) in [4.78, 5) is 8.98. The van der Waals surface area contributed by atoms with Gasteiger partial charge in [-0.3, -0.25) is 0 Å². The number of aryl methyl sites for hydroxylation is 1. The summed E-state index contributed by atoms with van der Waals surface area (Å²) in [7, 11) is -3.11. The predicted octanol–water partition coefficient (Wildman–Crippen LogP) is 2.19. The number of sulfonamides is 1. The number of pyridine rings is 1. The van der Waals surface area contributed by atoms with Crippen LogP contribution < -0.4 is 0 Å². The number of fused-ring (bicyclic) bond motifs is 1. The van der Waals surface area contributed by atoms with Gasteiger partial charge < -0.3 is 4.57 Å². The highest BCUT2D eigenvalue weighted by atomic mass is 32.2. The number of imidazole rings is 1. The van der Waals surface area contributed by atoms with E-state index in [9.17, 15) is 8.42 Å². The van der Waals surface area contributed by atoms with Gasteiger partial charge in [0.1, 0.15) is 11.3 Å². The molecule has 1 saturated heterocycles. The van der Waals surface area contributed by atoms with E-state index in [1.165, 1.54) is 0 Å². The summed E-state index contributed by atoms with van der Waals surface area (Å²) in [6, 6.07) is 3.85. The lowest BCUT2D eigenvalue weighted by Gasteiger charge is -2.32. The molecule has 2 aromatic rings. The van der Waals surface area contributed by atoms with Gasteiger partial charge in [-0.2, -0.15) is 0 Å². The Bertz CT molecular complexity index is 784. The summed E-state index contributed by atoms with van der Waals surface area (Å²) in [5.74, 6) is 1.50. The Hall–Kier alpha value is -1.47. The molecule has 3 rings (SSSR count). The third kappa shape index (κ3) is 3.40. The van der Waals surface area contributed by atoms with Crippen molar-refractivity contribution < 1.29 is 8.42 Å². The Morgan fingerprint density at radius 1 is 1.39 bits per heavy atom. The largest absolute Gasteiger partial charge is 0.313 e. The van der Waals surface area contributed by atoms with Gasteiger partial charge in [0.05, 0.1) is 5.75 Å². The van der Waals surface area contributed by atoms with E-state index in [0.29, 0.717) is 25.4 Å². The fourth-order valence-corrected chi connectivity index (χ4v) is 4.98. The van der Waals surface area contributed by atoms with Crippen molar-refractivity contribution in [2.75, 3.05) is 18.8 Å². The number of piperidine rings is 1. The first-order chi connectivity index (χ1) is 11.0. The third-order valence-electron chi connectivity index (χ3n) is 4.47. The van der Waals surface area contributed by atoms with Crippen LogP contribution in [0, 0.1) is 12.8 Å². The zero-order chi connectivity index (χ0) is 16.4. The Morgan fingerprint density at radius 2 is 2.22 bits per heavy atom. The van der Waals surface area contributed by atoms with Gasteiger partial charge >= 0.3 is 0 Å². The number of hydrogen-bond acceptors (Lipinski definition) is 4. The van der Waals surface area contributed by atoms with Crippen molar-refractivity contribution >= 4 is 21.2 Å². The normalized spacial score (nSPS) is 20.2. The Labute approximate surface area is 137 Å². The van der Waals surface area contributed by atoms with Crippen molar-refractivity contribution in [2.45, 2.75) is 39.7 Å². The Morgan fingerprint density at radius 3 is 3.00 bits per heavy atom. The van der Waals surface area contributed by atoms with Gasteiger partial charge in [-0.15, -0.1) is 0 Å². The number of aromatic nitrogens is 3. The summed E-state index contributed by atoms with van der Waals surface area (Å²) in [5, 5.41) is 0. The molecule has 7 heteroatoms. The summed E-state index contributed by atoms with van der Waals surface area (Å²) < 4.78 is 28.4. The monoisotopic (exact) mass is 336 g/mol. The van der Waals surface area contributed by atoms with Gasteiger partial charge in [-0.05, 0) is 44.2 Å². The van der Waals surface area contributed by atoms with E-state index in [1.54, 1.807) is 10.5 Å². The SMILES string of the molecule is CCCS(=O)(=O)N1CCCC(Cn2c(C)nc3cccnc32)C1. The van der Waals surface area contributed by atoms with E-state index in [1.807, 2.05) is 26.0 Å². The minimum atomic E-state index is -3.11. The minimum Gasteiger partial charge on any atom is -0.313 e. The maximum Gasteiger partial charge on any atom is 0.214 e. The van der Waals surface area contributed by atoms with Crippen LogP contribution in [0.2, 0.25) is 0 Å². The average molecular weight is 336 g/mol. The molecule has 0 saturated carbocycles. The van der Waals surface area contributed by atoms with Gasteiger partial charge in [0.15, 0.2) is 5.65 Å². The molecule has 0 N–H and O–H groups in total. The Balaban J connectivity index is 1.78. The molecule has 1 aliphatic rings. The van der Waals surface area contributed by atoms with E-state index in [-0.39, 0.29) is 5.75 Å². The standard InChI is InChI=1S/C16H24N4O2S/c1-3-10-23(21,22)19-9-5-6-14(11-19)12-20-13(2)18-15-7-4-8-17-16(15)20/h4,7-8,14H,3,5-6,9-12H2,1-2H3. The first-order valence-electron chi connectivity index (χ1n) is 8.27. The lowest BCUT2D eigenvalue weighted by atomic mass is 9.99. The van der Waals surface area contributed by atoms with Crippen molar-refractivity contribution in [1.29, 1.82) is 0 Å². The maximum atomic E-state index is 12.3. The second kappa shape index (κ2) is 6.57. The van der Waals surface area contributed by atoms with E-state index >= 15 is 0 Å². The van der Waals surface area contributed by atoms with Crippen LogP contribution in [0.3, 0.4) is 0 Å². The molecule has 0 bridgehead atoms. The smallest absolute Gasteiger partial charge is 0.214 e. The van der Waals surface area contributed by atoms with Crippen LogP contribution in [0.25, 0.3) is 11.2 Å². The molecule has 1 unspecified atom stereocenters. The summed E-state index contributed by atoms with van der Waals surface area (Å²) in [6.07, 6.45) is 4.41. The van der Waals surface area contributed by atoms with Crippen LogP contribution in [-0.4, -0.2) is 46.1 Å². The summed E-state index contributed by atoms with van der Waals surface area (Å²) in [6.45, 7) is 5.92. The zero-order valence-electron chi connectivity index (χ0n) is 13.8. The molecule has 1 aliphatic heterocycles. The molecule has 1 atom stereocenters. The fraction of sp³-hybridized carbons (Fsp3) is 0.625. The molecule has 2 aromatic heterocycles. The van der Waals surface area contributed by atoms with Gasteiger partial charge in [-0.1, -0.05) is 6.92 Å². The average Bonchev–Trinajstić information content (AvgIpc) is 2.84. The molecule has 3 heterocycles. The molecule has 1 fully saturated rings. The molecule has 0 amide bonds. The lowest BCUT2D eigenvalue weighted by Crippen LogP contribution is -2.42. The lowest BCUT2D eigenvalue weighted by molar-refractivity contribution is 0.245. The fourth-order valence-electron chi connectivity index (χ4n) is 3.36. The number of hydrogen-bond donors (Lipinski definition) is 0. The van der Waals surface area contributed by atoms with E-state index in [0.717, 1.165) is 36.4 Å². The van der Waals surface area contributed by atoms with Crippen molar-refractivity contribution in [1.82, 2.24) is 18.8 Å². The van der Waals surface area contributed by atoms with Gasteiger partial charge in [0.2, 0.25) is 10.0 Å². The molecule has 0 radical (unpaired) electrons. The predicted molar refractivity (Wildman–Crippen MR) is 90.6 cm³/mol. The van der Waals surface area contributed by atoms with Crippen molar-refractivity contribution in [3.8, 4) is 0 Å². The molecular weight excluding hydrogens is 312 g/mol. The highest BCUT2D eigenvalue weighted by molar-refractivity contribution is 7.89. The van der Waals surface area contributed by atoms with Crippen LogP contribution in [-0.2, 0) is 16.6 Å². The van der Waals surface area contributed by atoms with Gasteiger partial charge in [0.25, 0.3) is 0 Å². The molecule has 0 spiro atoms. The molecule has 23 heavy (non-hydrogen) atoms. The topological polar surface area (TPSA) is 68.1 Å². The second-order valence-corrected chi connectivity index (χ2v) is 8.39. The van der Waals surface area contributed by atoms with Crippen molar-refractivity contribution in [2.24, 2.45) is 5.92 Å². The van der Waals surface area contributed by atoms with Crippen molar-refractivity contribution in [3.63, 3.8) is 0 Å². The molecule has 0 aliphatic carbocycles. The molecule has 6 nitrogen and oxygen atoms in total. The first-order valence-corrected chi connectivity index (χ1v) is 9.88. The quantitative estimate of drug-likeness (QED) is 0.839. The summed E-state index contributed by atoms with van der Waals surface area (Å²) >= 11 is 0. The van der Waals surface area contributed by atoms with E-state index in [4.69, 9.17) is 0 Å². The van der Waals surface area contributed by atoms with Crippen LogP contribution in [0.5, 0.6) is 0 Å². The summed E-state index contributed by atoms with van der Waals surface area (Å²) in [5.41, 5.74) is 1.79. The van der Waals surface area contributed by atoms with E-state index < -0.39 is 10.0 Å². The Kier molecular flexibility index (Phi) is 4.68. The molecule has 0 aromatic carbocycles. The highest BCUT2D eigenvalue weighted by Crippen LogP contribution is 2.23. The molecular formula is C16H24N4O2S.